The van der Waals surface area contributed by atoms with Crippen LogP contribution in [0, 0.1) is 6.92 Å². The van der Waals surface area contributed by atoms with E-state index in [-0.39, 0.29) is 11.9 Å². The highest BCUT2D eigenvalue weighted by atomic mass is 32.2. The minimum atomic E-state index is -0.144. The maximum atomic E-state index is 12.1. The zero-order valence-electron chi connectivity index (χ0n) is 11.7. The third-order valence-electron chi connectivity index (χ3n) is 2.72. The minimum Gasteiger partial charge on any atom is -0.349 e. The van der Waals surface area contributed by atoms with E-state index in [4.69, 9.17) is 5.84 Å². The molecule has 1 atom stereocenters. The standard InChI is InChI=1S/C13H22N4OS/c1-4-19-6-5-9(2)16-13(18)11-8-15-10(3)7-12(11)17-14/h7-9H,4-6,14H2,1-3H3,(H,15,17)(H,16,18). The number of amides is 1. The van der Waals surface area contributed by atoms with Gasteiger partial charge >= 0.3 is 0 Å². The van der Waals surface area contributed by atoms with Crippen molar-refractivity contribution in [3.05, 3.63) is 23.5 Å². The maximum absolute atomic E-state index is 12.1. The Kier molecular flexibility index (Phi) is 6.66. The van der Waals surface area contributed by atoms with Crippen LogP contribution in [0.3, 0.4) is 0 Å². The average Bonchev–Trinajstić information content (AvgIpc) is 2.38. The molecule has 1 aromatic rings. The highest BCUT2D eigenvalue weighted by Gasteiger charge is 2.14. The molecule has 106 valence electrons. The topological polar surface area (TPSA) is 80.0 Å². The van der Waals surface area contributed by atoms with Gasteiger partial charge in [-0.3, -0.25) is 15.6 Å². The molecule has 0 saturated carbocycles. The van der Waals surface area contributed by atoms with Crippen molar-refractivity contribution >= 4 is 23.4 Å². The molecule has 0 aromatic carbocycles. The Morgan fingerprint density at radius 3 is 2.95 bits per heavy atom. The molecule has 0 aliphatic rings. The van der Waals surface area contributed by atoms with Crippen LogP contribution in [-0.2, 0) is 0 Å². The van der Waals surface area contributed by atoms with Crippen LogP contribution in [0.25, 0.3) is 0 Å². The van der Waals surface area contributed by atoms with Crippen LogP contribution < -0.4 is 16.6 Å². The number of nitrogen functional groups attached to an aromatic ring is 1. The molecular formula is C13H22N4OS. The summed E-state index contributed by atoms with van der Waals surface area (Å²) in [5.41, 5.74) is 4.43. The average molecular weight is 282 g/mol. The third-order valence-corrected chi connectivity index (χ3v) is 3.65. The normalized spacial score (nSPS) is 12.0. The first kappa shape index (κ1) is 15.8. The van der Waals surface area contributed by atoms with Crippen molar-refractivity contribution in [1.82, 2.24) is 10.3 Å². The predicted molar refractivity (Wildman–Crippen MR) is 81.3 cm³/mol. The van der Waals surface area contributed by atoms with Crippen molar-refractivity contribution in [2.24, 2.45) is 5.84 Å². The Morgan fingerprint density at radius 1 is 1.58 bits per heavy atom. The molecule has 19 heavy (non-hydrogen) atoms. The molecule has 0 saturated heterocycles. The van der Waals surface area contributed by atoms with E-state index in [0.717, 1.165) is 23.6 Å². The predicted octanol–water partition coefficient (Wildman–Crippen LogP) is 1.94. The van der Waals surface area contributed by atoms with Gasteiger partial charge in [0.25, 0.3) is 5.91 Å². The molecule has 6 heteroatoms. The van der Waals surface area contributed by atoms with Crippen LogP contribution >= 0.6 is 11.8 Å². The summed E-state index contributed by atoms with van der Waals surface area (Å²) in [4.78, 5) is 16.3. The van der Waals surface area contributed by atoms with Gasteiger partial charge in [-0.15, -0.1) is 0 Å². The lowest BCUT2D eigenvalue weighted by atomic mass is 10.1. The number of rotatable bonds is 7. The van der Waals surface area contributed by atoms with Crippen molar-refractivity contribution in [2.75, 3.05) is 16.9 Å². The van der Waals surface area contributed by atoms with Crippen molar-refractivity contribution in [2.45, 2.75) is 33.2 Å². The van der Waals surface area contributed by atoms with E-state index < -0.39 is 0 Å². The molecule has 0 bridgehead atoms. The highest BCUT2D eigenvalue weighted by Crippen LogP contribution is 2.14. The fourth-order valence-electron chi connectivity index (χ4n) is 1.64. The molecule has 0 aliphatic heterocycles. The summed E-state index contributed by atoms with van der Waals surface area (Å²) in [7, 11) is 0. The third kappa shape index (κ3) is 5.08. The Balaban J connectivity index is 2.62. The number of thioether (sulfide) groups is 1. The number of nitrogens with zero attached hydrogens (tertiary/aromatic N) is 1. The van der Waals surface area contributed by atoms with E-state index in [1.165, 1.54) is 0 Å². The molecule has 4 N–H and O–H groups in total. The summed E-state index contributed by atoms with van der Waals surface area (Å²) in [6.45, 7) is 5.99. The Hall–Kier alpha value is -1.27. The zero-order chi connectivity index (χ0) is 14.3. The smallest absolute Gasteiger partial charge is 0.255 e. The van der Waals surface area contributed by atoms with Crippen molar-refractivity contribution in [1.29, 1.82) is 0 Å². The van der Waals surface area contributed by atoms with Gasteiger partial charge in [0.2, 0.25) is 0 Å². The lowest BCUT2D eigenvalue weighted by Gasteiger charge is -2.15. The summed E-state index contributed by atoms with van der Waals surface area (Å²) in [6, 6.07) is 1.89. The summed E-state index contributed by atoms with van der Waals surface area (Å²) >= 11 is 1.87. The van der Waals surface area contributed by atoms with Crippen molar-refractivity contribution < 1.29 is 4.79 Å². The first-order chi connectivity index (χ1) is 9.08. The number of pyridine rings is 1. The number of aromatic nitrogens is 1. The summed E-state index contributed by atoms with van der Waals surface area (Å²) in [5, 5.41) is 2.96. The monoisotopic (exact) mass is 282 g/mol. The Morgan fingerprint density at radius 2 is 2.32 bits per heavy atom. The summed E-state index contributed by atoms with van der Waals surface area (Å²) < 4.78 is 0. The number of hydrogen-bond donors (Lipinski definition) is 3. The molecule has 5 nitrogen and oxygen atoms in total. The van der Waals surface area contributed by atoms with Gasteiger partial charge in [0.15, 0.2) is 0 Å². The largest absolute Gasteiger partial charge is 0.349 e. The number of anilines is 1. The van der Waals surface area contributed by atoms with Crippen LogP contribution in [-0.4, -0.2) is 28.4 Å². The second-order valence-corrected chi connectivity index (χ2v) is 5.77. The van der Waals surface area contributed by atoms with Gasteiger partial charge in [0.05, 0.1) is 11.3 Å². The number of hydrazine groups is 1. The van der Waals surface area contributed by atoms with Crippen LogP contribution in [0.15, 0.2) is 12.3 Å². The molecule has 0 aliphatic carbocycles. The van der Waals surface area contributed by atoms with Gasteiger partial charge in [-0.25, -0.2) is 0 Å². The molecule has 1 unspecified atom stereocenters. The quantitative estimate of drug-likeness (QED) is 0.404. The van der Waals surface area contributed by atoms with Gasteiger partial charge < -0.3 is 10.7 Å². The van der Waals surface area contributed by atoms with E-state index in [1.807, 2.05) is 25.6 Å². The molecule has 0 fully saturated rings. The van der Waals surface area contributed by atoms with Gasteiger partial charge in [0.1, 0.15) is 0 Å². The molecular weight excluding hydrogens is 260 g/mol. The molecule has 1 aromatic heterocycles. The number of nitrogens with one attached hydrogen (secondary N) is 2. The van der Waals surface area contributed by atoms with Crippen LogP contribution in [0.2, 0.25) is 0 Å². The molecule has 0 spiro atoms. The SMILES string of the molecule is CCSCCC(C)NC(=O)c1cnc(C)cc1NN. The van der Waals surface area contributed by atoms with E-state index in [1.54, 1.807) is 12.3 Å². The van der Waals surface area contributed by atoms with Gasteiger partial charge in [0, 0.05) is 17.9 Å². The summed E-state index contributed by atoms with van der Waals surface area (Å²) in [5.74, 6) is 7.43. The zero-order valence-corrected chi connectivity index (χ0v) is 12.5. The highest BCUT2D eigenvalue weighted by molar-refractivity contribution is 7.99. The number of carbonyl (C=O) groups excluding carboxylic acids is 1. The van der Waals surface area contributed by atoms with Crippen molar-refractivity contribution in [3.63, 3.8) is 0 Å². The first-order valence-corrected chi connectivity index (χ1v) is 7.55. The lowest BCUT2D eigenvalue weighted by molar-refractivity contribution is 0.0940. The summed E-state index contributed by atoms with van der Waals surface area (Å²) in [6.07, 6.45) is 2.50. The van der Waals surface area contributed by atoms with Gasteiger partial charge in [-0.2, -0.15) is 11.8 Å². The number of carbonyl (C=O) groups is 1. The minimum absolute atomic E-state index is 0.137. The fourth-order valence-corrected chi connectivity index (χ4v) is 2.45. The Bertz CT molecular complexity index is 425. The second-order valence-electron chi connectivity index (χ2n) is 4.38. The molecule has 1 rings (SSSR count). The van der Waals surface area contributed by atoms with Crippen LogP contribution in [0.1, 0.15) is 36.3 Å². The van der Waals surface area contributed by atoms with Crippen LogP contribution in [0.4, 0.5) is 5.69 Å². The van der Waals surface area contributed by atoms with E-state index in [0.29, 0.717) is 11.3 Å². The molecule has 0 radical (unpaired) electrons. The van der Waals surface area contributed by atoms with Crippen LogP contribution in [0.5, 0.6) is 0 Å². The first-order valence-electron chi connectivity index (χ1n) is 6.40. The fraction of sp³-hybridized carbons (Fsp3) is 0.538. The molecule has 1 amide bonds. The van der Waals surface area contributed by atoms with Gasteiger partial charge in [-0.05, 0) is 37.8 Å². The second kappa shape index (κ2) is 8.01. The lowest BCUT2D eigenvalue weighted by Crippen LogP contribution is -2.33. The number of hydrogen-bond acceptors (Lipinski definition) is 5. The van der Waals surface area contributed by atoms with E-state index >= 15 is 0 Å². The van der Waals surface area contributed by atoms with Gasteiger partial charge in [-0.1, -0.05) is 6.92 Å². The maximum Gasteiger partial charge on any atom is 0.255 e. The van der Waals surface area contributed by atoms with Crippen molar-refractivity contribution in [3.8, 4) is 0 Å². The number of nitrogens with two attached hydrogens (primary N) is 1. The van der Waals surface area contributed by atoms with E-state index in [9.17, 15) is 4.79 Å². The van der Waals surface area contributed by atoms with E-state index in [2.05, 4.69) is 22.7 Å². The number of aryl methyl sites for hydroxylation is 1. The Labute approximate surface area is 118 Å². The molecule has 1 heterocycles.